The molecular weight excluding hydrogens is 428 g/mol. The number of amides is 1. The molecule has 6 nitrogen and oxygen atoms in total. The standard InChI is InChI=1S/C19H15BrN4O2S/c1-23-15-4-2-3-5-16(15)24(19(23)26)10-17(25)22-18-21-14(11-27-18)12-6-8-13(20)9-7-12/h2-9,11H,10H2,1H3,(H,21,22,25). The molecule has 4 rings (SSSR count). The summed E-state index contributed by atoms with van der Waals surface area (Å²) >= 11 is 4.76. The molecule has 0 unspecified atom stereocenters. The fraction of sp³-hybridized carbons (Fsp3) is 0.105. The van der Waals surface area contributed by atoms with Crippen molar-refractivity contribution in [2.45, 2.75) is 6.54 Å². The third kappa shape index (κ3) is 3.45. The zero-order valence-corrected chi connectivity index (χ0v) is 16.8. The van der Waals surface area contributed by atoms with Crippen LogP contribution >= 0.6 is 27.3 Å². The summed E-state index contributed by atoms with van der Waals surface area (Å²) in [6.45, 7) is -0.0621. The number of nitrogens with zero attached hydrogens (tertiary/aromatic N) is 3. The number of nitrogens with one attached hydrogen (secondary N) is 1. The number of aromatic nitrogens is 3. The van der Waals surface area contributed by atoms with Gasteiger partial charge in [-0.1, -0.05) is 40.2 Å². The van der Waals surface area contributed by atoms with Crippen molar-refractivity contribution in [3.8, 4) is 11.3 Å². The predicted octanol–water partition coefficient (Wildman–Crippen LogP) is 3.86. The lowest BCUT2D eigenvalue weighted by Crippen LogP contribution is -2.28. The first kappa shape index (κ1) is 17.7. The second-order valence-corrected chi connectivity index (χ2v) is 7.78. The Hall–Kier alpha value is -2.71. The summed E-state index contributed by atoms with van der Waals surface area (Å²) in [6.07, 6.45) is 0. The Balaban J connectivity index is 1.53. The van der Waals surface area contributed by atoms with Gasteiger partial charge in [0.1, 0.15) is 6.54 Å². The van der Waals surface area contributed by atoms with Gasteiger partial charge < -0.3 is 5.32 Å². The van der Waals surface area contributed by atoms with E-state index in [1.54, 1.807) is 7.05 Å². The van der Waals surface area contributed by atoms with Gasteiger partial charge in [-0.25, -0.2) is 9.78 Å². The number of imidazole rings is 1. The molecule has 27 heavy (non-hydrogen) atoms. The van der Waals surface area contributed by atoms with Gasteiger partial charge in [0.05, 0.1) is 16.7 Å². The van der Waals surface area contributed by atoms with Crippen molar-refractivity contribution in [1.82, 2.24) is 14.1 Å². The van der Waals surface area contributed by atoms with Crippen molar-refractivity contribution in [1.29, 1.82) is 0 Å². The minimum atomic E-state index is -0.287. The monoisotopic (exact) mass is 442 g/mol. The van der Waals surface area contributed by atoms with Crippen molar-refractivity contribution in [3.05, 3.63) is 68.9 Å². The Morgan fingerprint density at radius 3 is 2.59 bits per heavy atom. The normalized spacial score (nSPS) is 11.0. The lowest BCUT2D eigenvalue weighted by atomic mass is 10.2. The molecular formula is C19H15BrN4O2S. The lowest BCUT2D eigenvalue weighted by Gasteiger charge is -2.03. The minimum Gasteiger partial charge on any atom is -0.300 e. The SMILES string of the molecule is Cn1c(=O)n(CC(=O)Nc2nc(-c3ccc(Br)cc3)cs2)c2ccccc21. The molecule has 0 spiro atoms. The number of hydrogen-bond acceptors (Lipinski definition) is 4. The topological polar surface area (TPSA) is 68.9 Å². The Kier molecular flexibility index (Phi) is 4.67. The van der Waals surface area contributed by atoms with Gasteiger partial charge >= 0.3 is 5.69 Å². The molecule has 0 atom stereocenters. The van der Waals surface area contributed by atoms with Gasteiger partial charge in [0.15, 0.2) is 5.13 Å². The van der Waals surface area contributed by atoms with Gasteiger partial charge in [-0.15, -0.1) is 11.3 Å². The van der Waals surface area contributed by atoms with Gasteiger partial charge in [-0.05, 0) is 24.3 Å². The van der Waals surface area contributed by atoms with E-state index in [0.29, 0.717) is 5.13 Å². The number of carbonyl (C=O) groups excluding carboxylic acids is 1. The first-order valence-electron chi connectivity index (χ1n) is 8.18. The second kappa shape index (κ2) is 7.13. The minimum absolute atomic E-state index is 0.0621. The van der Waals surface area contributed by atoms with E-state index < -0.39 is 0 Å². The number of benzene rings is 2. The van der Waals surface area contributed by atoms with Gasteiger partial charge in [0.25, 0.3) is 0 Å². The molecule has 0 saturated carbocycles. The zero-order valence-electron chi connectivity index (χ0n) is 14.3. The van der Waals surface area contributed by atoms with E-state index >= 15 is 0 Å². The van der Waals surface area contributed by atoms with Crippen LogP contribution in [-0.2, 0) is 18.4 Å². The Bertz CT molecular complexity index is 1190. The first-order valence-corrected chi connectivity index (χ1v) is 9.86. The van der Waals surface area contributed by atoms with Crippen molar-refractivity contribution >= 4 is 49.3 Å². The maximum absolute atomic E-state index is 12.5. The van der Waals surface area contributed by atoms with Crippen molar-refractivity contribution in [2.24, 2.45) is 7.05 Å². The van der Waals surface area contributed by atoms with Crippen LogP contribution in [0.15, 0.2) is 63.2 Å². The van der Waals surface area contributed by atoms with E-state index in [1.165, 1.54) is 20.5 Å². The number of thiazole rings is 1. The molecule has 1 N–H and O–H groups in total. The van der Waals surface area contributed by atoms with E-state index in [9.17, 15) is 9.59 Å². The average molecular weight is 443 g/mol. The summed E-state index contributed by atoms with van der Waals surface area (Å²) in [6, 6.07) is 15.2. The largest absolute Gasteiger partial charge is 0.329 e. The van der Waals surface area contributed by atoms with E-state index in [2.05, 4.69) is 26.2 Å². The number of halogens is 1. The fourth-order valence-electron chi connectivity index (χ4n) is 2.90. The zero-order chi connectivity index (χ0) is 19.0. The fourth-order valence-corrected chi connectivity index (χ4v) is 3.90. The molecule has 2 aromatic heterocycles. The highest BCUT2D eigenvalue weighted by molar-refractivity contribution is 9.10. The number of hydrogen-bond donors (Lipinski definition) is 1. The van der Waals surface area contributed by atoms with Crippen LogP contribution in [0.4, 0.5) is 5.13 Å². The van der Waals surface area contributed by atoms with Crippen LogP contribution in [0.5, 0.6) is 0 Å². The van der Waals surface area contributed by atoms with E-state index in [4.69, 9.17) is 0 Å². The smallest absolute Gasteiger partial charge is 0.300 e. The highest BCUT2D eigenvalue weighted by Gasteiger charge is 2.14. The van der Waals surface area contributed by atoms with Gasteiger partial charge in [0.2, 0.25) is 5.91 Å². The van der Waals surface area contributed by atoms with Crippen LogP contribution in [0.3, 0.4) is 0 Å². The van der Waals surface area contributed by atoms with Crippen molar-refractivity contribution in [2.75, 3.05) is 5.32 Å². The van der Waals surface area contributed by atoms with E-state index in [-0.39, 0.29) is 18.1 Å². The van der Waals surface area contributed by atoms with Gasteiger partial charge in [0, 0.05) is 22.5 Å². The molecule has 8 heteroatoms. The molecule has 2 heterocycles. The highest BCUT2D eigenvalue weighted by atomic mass is 79.9. The number of carbonyl (C=O) groups is 1. The van der Waals surface area contributed by atoms with Crippen LogP contribution in [0.25, 0.3) is 22.3 Å². The van der Waals surface area contributed by atoms with Crippen molar-refractivity contribution < 1.29 is 4.79 Å². The summed E-state index contributed by atoms with van der Waals surface area (Å²) in [5.74, 6) is -0.287. The molecule has 0 aliphatic carbocycles. The quantitative estimate of drug-likeness (QED) is 0.521. The van der Waals surface area contributed by atoms with Crippen LogP contribution in [-0.4, -0.2) is 20.0 Å². The van der Waals surface area contributed by atoms with Crippen LogP contribution in [0.2, 0.25) is 0 Å². The molecule has 0 aliphatic rings. The molecule has 0 radical (unpaired) electrons. The third-order valence-electron chi connectivity index (χ3n) is 4.24. The van der Waals surface area contributed by atoms with Crippen LogP contribution in [0.1, 0.15) is 0 Å². The van der Waals surface area contributed by atoms with E-state index in [1.807, 2.05) is 53.9 Å². The molecule has 4 aromatic rings. The van der Waals surface area contributed by atoms with Gasteiger partial charge in [-0.3, -0.25) is 13.9 Å². The maximum atomic E-state index is 12.5. The third-order valence-corrected chi connectivity index (χ3v) is 5.53. The number of rotatable bonds is 4. The van der Waals surface area contributed by atoms with E-state index in [0.717, 1.165) is 26.8 Å². The number of anilines is 1. The molecule has 1 amide bonds. The average Bonchev–Trinajstić information content (AvgIpc) is 3.22. The molecule has 0 fully saturated rings. The summed E-state index contributed by atoms with van der Waals surface area (Å²) in [4.78, 5) is 29.3. The molecule has 2 aromatic carbocycles. The number of aryl methyl sites for hydroxylation is 1. The molecule has 0 aliphatic heterocycles. The first-order chi connectivity index (χ1) is 13.0. The summed E-state index contributed by atoms with van der Waals surface area (Å²) in [5, 5.41) is 5.18. The highest BCUT2D eigenvalue weighted by Crippen LogP contribution is 2.26. The predicted molar refractivity (Wildman–Crippen MR) is 111 cm³/mol. The Labute approximate surface area is 167 Å². The van der Waals surface area contributed by atoms with Crippen LogP contribution < -0.4 is 11.0 Å². The summed E-state index contributed by atoms with van der Waals surface area (Å²) in [5.41, 5.74) is 3.07. The number of para-hydroxylation sites is 2. The van der Waals surface area contributed by atoms with Crippen molar-refractivity contribution in [3.63, 3.8) is 0 Å². The second-order valence-electron chi connectivity index (χ2n) is 6.01. The number of fused-ring (bicyclic) bond motifs is 1. The lowest BCUT2D eigenvalue weighted by molar-refractivity contribution is -0.116. The summed E-state index contributed by atoms with van der Waals surface area (Å²) < 4.78 is 4.00. The molecule has 136 valence electrons. The Morgan fingerprint density at radius 1 is 1.15 bits per heavy atom. The van der Waals surface area contributed by atoms with Gasteiger partial charge in [-0.2, -0.15) is 0 Å². The Morgan fingerprint density at radius 2 is 1.85 bits per heavy atom. The molecule has 0 bridgehead atoms. The van der Waals surface area contributed by atoms with Crippen LogP contribution in [0, 0.1) is 0 Å². The molecule has 0 saturated heterocycles. The maximum Gasteiger partial charge on any atom is 0.329 e. The summed E-state index contributed by atoms with van der Waals surface area (Å²) in [7, 11) is 1.70.